The van der Waals surface area contributed by atoms with Crippen LogP contribution < -0.4 is 14.8 Å². The fraction of sp³-hybridized carbons (Fsp3) is 0.179. The normalized spacial score (nSPS) is 14.8. The number of allylic oxidation sites excluding steroid dienone is 1. The fourth-order valence-electron chi connectivity index (χ4n) is 4.18. The Kier molecular flexibility index (Phi) is 6.51. The smallest absolute Gasteiger partial charge is 0.264 e. The van der Waals surface area contributed by atoms with Crippen molar-refractivity contribution in [2.24, 2.45) is 0 Å². The first-order valence-electron chi connectivity index (χ1n) is 11.4. The lowest BCUT2D eigenvalue weighted by atomic mass is 10.2. The van der Waals surface area contributed by atoms with Crippen LogP contribution in [0.1, 0.15) is 24.4 Å². The van der Waals surface area contributed by atoms with E-state index in [9.17, 15) is 0 Å². The summed E-state index contributed by atoms with van der Waals surface area (Å²) in [6.07, 6.45) is 4.61. The Morgan fingerprint density at radius 1 is 0.939 bits per heavy atom. The van der Waals surface area contributed by atoms with Gasteiger partial charge in [0.15, 0.2) is 0 Å². The Morgan fingerprint density at radius 3 is 2.52 bits per heavy atom. The second-order valence-corrected chi connectivity index (χ2v) is 10.0. The summed E-state index contributed by atoms with van der Waals surface area (Å²) in [6, 6.07) is 27.9. The third-order valence-corrected chi connectivity index (χ3v) is 8.03. The van der Waals surface area contributed by atoms with Gasteiger partial charge in [-0.1, -0.05) is 77.7 Å². The van der Waals surface area contributed by atoms with Crippen molar-refractivity contribution in [1.82, 2.24) is 5.32 Å². The number of aromatic nitrogens is 1. The molecule has 1 aromatic heterocycles. The van der Waals surface area contributed by atoms with Gasteiger partial charge in [0.05, 0.1) is 10.7 Å². The van der Waals surface area contributed by atoms with Crippen molar-refractivity contribution in [2.75, 3.05) is 11.4 Å². The number of hydrogen-bond donors (Lipinski definition) is 1. The molecular weight excluding hydrogens is 442 g/mol. The highest BCUT2D eigenvalue weighted by Gasteiger charge is 2.24. The monoisotopic (exact) mass is 470 g/mol. The minimum absolute atomic E-state index is 0.789. The first-order valence-corrected chi connectivity index (χ1v) is 13.1. The molecule has 1 aliphatic heterocycles. The number of nitrogens with zero attached hydrogens (tertiary/aromatic N) is 2. The molecule has 0 aliphatic carbocycles. The summed E-state index contributed by atoms with van der Waals surface area (Å²) in [6.45, 7) is 7.11. The molecule has 1 N–H and O–H groups in total. The van der Waals surface area contributed by atoms with Crippen molar-refractivity contribution in [1.29, 1.82) is 0 Å². The van der Waals surface area contributed by atoms with Gasteiger partial charge in [-0.15, -0.1) is 0 Å². The molecule has 0 radical (unpaired) electrons. The van der Waals surface area contributed by atoms with E-state index in [4.69, 9.17) is 0 Å². The average Bonchev–Trinajstić information content (AvgIpc) is 3.39. The van der Waals surface area contributed by atoms with E-state index in [1.165, 1.54) is 36.4 Å². The number of aryl methyl sites for hydroxylation is 1. The standard InChI is InChI=1S/C28H27N3S2/c1-3-30-23-14-8-10-16-25(23)32-27(30)18-22(29-20-21-12-6-5-7-13-21)19-28-31(4-2)24-15-9-11-17-26(24)33-28/h5-19H,3-4,20H2,1-2H3/p+1/b27-18-. The summed E-state index contributed by atoms with van der Waals surface area (Å²) >= 11 is 3.69. The third kappa shape index (κ3) is 4.56. The van der Waals surface area contributed by atoms with Crippen molar-refractivity contribution in [3.8, 4) is 0 Å². The van der Waals surface area contributed by atoms with Crippen LogP contribution in [0.2, 0.25) is 0 Å². The molecule has 0 saturated heterocycles. The SMILES string of the molecule is CCN1/C(=C/C(=C/c2sc3ccccc3[n+]2CC)NCc2ccccc2)Sc2ccccc21. The number of para-hydroxylation sites is 2. The van der Waals surface area contributed by atoms with Crippen molar-refractivity contribution in [2.45, 2.75) is 31.8 Å². The molecule has 3 nitrogen and oxygen atoms in total. The molecule has 0 amide bonds. The third-order valence-electron chi connectivity index (χ3n) is 5.80. The fourth-order valence-corrected chi connectivity index (χ4v) is 6.54. The van der Waals surface area contributed by atoms with Gasteiger partial charge in [-0.05, 0) is 43.7 Å². The largest absolute Gasteiger partial charge is 0.381 e. The number of hydrogen-bond acceptors (Lipinski definition) is 4. The van der Waals surface area contributed by atoms with Gasteiger partial charge < -0.3 is 10.2 Å². The van der Waals surface area contributed by atoms with Crippen LogP contribution in [0.4, 0.5) is 5.69 Å². The minimum Gasteiger partial charge on any atom is -0.381 e. The molecule has 5 heteroatoms. The van der Waals surface area contributed by atoms with Crippen LogP contribution in [0.25, 0.3) is 16.3 Å². The summed E-state index contributed by atoms with van der Waals surface area (Å²) in [7, 11) is 0. The number of thioether (sulfide) groups is 1. The predicted molar refractivity (Wildman–Crippen MR) is 142 cm³/mol. The molecule has 1 aliphatic rings. The Hall–Kier alpha value is -3.02. The maximum absolute atomic E-state index is 3.72. The van der Waals surface area contributed by atoms with Gasteiger partial charge in [0.1, 0.15) is 11.2 Å². The lowest BCUT2D eigenvalue weighted by Gasteiger charge is -2.18. The van der Waals surface area contributed by atoms with Crippen LogP contribution in [-0.2, 0) is 13.1 Å². The molecule has 5 rings (SSSR count). The van der Waals surface area contributed by atoms with E-state index < -0.39 is 0 Å². The molecule has 3 aromatic carbocycles. The highest BCUT2D eigenvalue weighted by atomic mass is 32.2. The minimum atomic E-state index is 0.789. The predicted octanol–water partition coefficient (Wildman–Crippen LogP) is 6.81. The molecule has 0 unspecified atom stereocenters. The molecule has 0 saturated carbocycles. The quantitative estimate of drug-likeness (QED) is 0.299. The van der Waals surface area contributed by atoms with E-state index in [0.29, 0.717) is 0 Å². The zero-order valence-electron chi connectivity index (χ0n) is 19.0. The van der Waals surface area contributed by atoms with E-state index in [-0.39, 0.29) is 0 Å². The average molecular weight is 471 g/mol. The van der Waals surface area contributed by atoms with E-state index in [0.717, 1.165) is 25.3 Å². The highest BCUT2D eigenvalue weighted by Crippen LogP contribution is 2.45. The van der Waals surface area contributed by atoms with Gasteiger partial charge in [-0.2, -0.15) is 4.57 Å². The molecular formula is C28H28N3S2+. The van der Waals surface area contributed by atoms with E-state index in [2.05, 4.69) is 120 Å². The van der Waals surface area contributed by atoms with Gasteiger partial charge in [-0.25, -0.2) is 0 Å². The number of anilines is 1. The number of fused-ring (bicyclic) bond motifs is 2. The molecule has 0 fully saturated rings. The number of thiazole rings is 1. The summed E-state index contributed by atoms with van der Waals surface area (Å²) in [5, 5.41) is 6.23. The maximum atomic E-state index is 3.72. The van der Waals surface area contributed by atoms with Crippen LogP contribution in [0.5, 0.6) is 0 Å². The molecule has 33 heavy (non-hydrogen) atoms. The van der Waals surface area contributed by atoms with Gasteiger partial charge >= 0.3 is 0 Å². The van der Waals surface area contributed by atoms with Crippen molar-refractivity contribution >= 4 is 45.1 Å². The van der Waals surface area contributed by atoms with E-state index in [1.807, 2.05) is 23.1 Å². The zero-order valence-corrected chi connectivity index (χ0v) is 20.6. The first kappa shape index (κ1) is 21.8. The number of rotatable bonds is 7. The van der Waals surface area contributed by atoms with Crippen LogP contribution in [0.15, 0.2) is 101 Å². The molecule has 166 valence electrons. The lowest BCUT2D eigenvalue weighted by Crippen LogP contribution is -2.33. The van der Waals surface area contributed by atoms with E-state index in [1.54, 1.807) is 0 Å². The zero-order chi connectivity index (χ0) is 22.6. The van der Waals surface area contributed by atoms with Crippen LogP contribution in [0, 0.1) is 0 Å². The maximum Gasteiger partial charge on any atom is 0.264 e. The first-order chi connectivity index (χ1) is 16.3. The number of benzene rings is 3. The Bertz CT molecular complexity index is 1320. The van der Waals surface area contributed by atoms with Crippen molar-refractivity contribution < 1.29 is 4.57 Å². The topological polar surface area (TPSA) is 19.1 Å². The Balaban J connectivity index is 1.55. The molecule has 4 aromatic rings. The van der Waals surface area contributed by atoms with Gasteiger partial charge in [0.2, 0.25) is 5.52 Å². The number of nitrogens with one attached hydrogen (secondary N) is 1. The summed E-state index contributed by atoms with van der Waals surface area (Å²) < 4.78 is 3.72. The van der Waals surface area contributed by atoms with Crippen LogP contribution in [-0.4, -0.2) is 6.54 Å². The van der Waals surface area contributed by atoms with Crippen molar-refractivity contribution in [3.05, 3.63) is 106 Å². The summed E-state index contributed by atoms with van der Waals surface area (Å²) in [5.74, 6) is 0. The summed E-state index contributed by atoms with van der Waals surface area (Å²) in [5.41, 5.74) is 4.99. The highest BCUT2D eigenvalue weighted by molar-refractivity contribution is 8.03. The second kappa shape index (κ2) is 9.86. The van der Waals surface area contributed by atoms with Gasteiger partial charge in [0, 0.05) is 35.8 Å². The summed E-state index contributed by atoms with van der Waals surface area (Å²) in [4.78, 5) is 3.72. The Morgan fingerprint density at radius 2 is 1.70 bits per heavy atom. The molecule has 0 atom stereocenters. The van der Waals surface area contributed by atoms with Crippen LogP contribution in [0.3, 0.4) is 0 Å². The Labute approximate surface area is 204 Å². The molecule has 0 bridgehead atoms. The second-order valence-electron chi connectivity index (χ2n) is 7.89. The van der Waals surface area contributed by atoms with E-state index >= 15 is 0 Å². The lowest BCUT2D eigenvalue weighted by molar-refractivity contribution is -0.665. The van der Waals surface area contributed by atoms with Gasteiger partial charge in [-0.3, -0.25) is 0 Å². The molecule has 0 spiro atoms. The van der Waals surface area contributed by atoms with Gasteiger partial charge in [0.25, 0.3) is 5.01 Å². The van der Waals surface area contributed by atoms with Crippen molar-refractivity contribution in [3.63, 3.8) is 0 Å². The van der Waals surface area contributed by atoms with Crippen LogP contribution >= 0.6 is 23.1 Å². The molecule has 2 heterocycles.